The second-order valence-corrected chi connectivity index (χ2v) is 7.76. The molecule has 154 valence electrons. The first-order valence-corrected chi connectivity index (χ1v) is 10.2. The number of aliphatic carboxylic acids is 1. The summed E-state index contributed by atoms with van der Waals surface area (Å²) in [5.41, 5.74) is 2.81. The van der Waals surface area contributed by atoms with E-state index in [1.54, 1.807) is 6.20 Å². The summed E-state index contributed by atoms with van der Waals surface area (Å²) in [5, 5.41) is 28.3. The maximum Gasteiger partial charge on any atom is 0.322 e. The molecule has 0 radical (unpaired) electrons. The third kappa shape index (κ3) is 3.69. The predicted octanol–water partition coefficient (Wildman–Crippen LogP) is 1.55. The molecular weight excluding hydrogens is 408 g/mol. The van der Waals surface area contributed by atoms with Crippen LogP contribution in [0.15, 0.2) is 41.3 Å². The molecule has 0 bridgehead atoms. The lowest BCUT2D eigenvalue weighted by atomic mass is 10.1. The molecule has 1 aliphatic heterocycles. The highest BCUT2D eigenvalue weighted by Gasteiger charge is 2.28. The number of H-pyrrole nitrogens is 1. The molecule has 4 rings (SSSR count). The van der Waals surface area contributed by atoms with Gasteiger partial charge in [0, 0.05) is 29.0 Å². The van der Waals surface area contributed by atoms with Crippen LogP contribution in [0.2, 0.25) is 0 Å². The largest absolute Gasteiger partial charge is 0.507 e. The number of hydrogen-bond acceptors (Lipinski definition) is 6. The summed E-state index contributed by atoms with van der Waals surface area (Å²) < 4.78 is 1.48. The molecule has 1 aliphatic rings. The fraction of sp³-hybridized carbons (Fsp3) is 0.200. The first-order chi connectivity index (χ1) is 14.5. The fourth-order valence-corrected chi connectivity index (χ4v) is 4.51. The minimum atomic E-state index is -1.24. The zero-order chi connectivity index (χ0) is 21.3. The van der Waals surface area contributed by atoms with Gasteiger partial charge in [0.25, 0.3) is 11.5 Å². The van der Waals surface area contributed by atoms with Crippen molar-refractivity contribution in [1.82, 2.24) is 20.1 Å². The van der Waals surface area contributed by atoms with Crippen molar-refractivity contribution in [3.05, 3.63) is 69.3 Å². The Morgan fingerprint density at radius 2 is 1.97 bits per heavy atom. The van der Waals surface area contributed by atoms with E-state index in [0.717, 1.165) is 16.8 Å². The number of benzene rings is 1. The Morgan fingerprint density at radius 3 is 2.63 bits per heavy atom. The van der Waals surface area contributed by atoms with Crippen LogP contribution in [0.4, 0.5) is 0 Å². The van der Waals surface area contributed by atoms with Crippen molar-refractivity contribution >= 4 is 23.6 Å². The molecule has 0 unspecified atom stereocenters. The van der Waals surface area contributed by atoms with E-state index in [9.17, 15) is 19.5 Å². The molecule has 9 nitrogen and oxygen atoms in total. The summed E-state index contributed by atoms with van der Waals surface area (Å²) in [4.78, 5) is 36.2. The highest BCUT2D eigenvalue weighted by atomic mass is 32.2. The number of carbonyl (C=O) groups is 2. The van der Waals surface area contributed by atoms with E-state index in [1.165, 1.54) is 16.3 Å². The Hall–Kier alpha value is -3.53. The highest BCUT2D eigenvalue weighted by Crippen LogP contribution is 2.36. The topological polar surface area (TPSA) is 137 Å². The van der Waals surface area contributed by atoms with Gasteiger partial charge in [-0.2, -0.15) is 16.9 Å². The zero-order valence-corrected chi connectivity index (χ0v) is 16.5. The first kappa shape index (κ1) is 19.8. The monoisotopic (exact) mass is 426 g/mol. The number of nitrogens with zero attached hydrogens (tertiary/aromatic N) is 2. The quantitative estimate of drug-likeness (QED) is 0.469. The number of thioether (sulfide) groups is 1. The summed E-state index contributed by atoms with van der Waals surface area (Å²) in [6, 6.07) is 9.43. The number of pyridine rings is 1. The van der Waals surface area contributed by atoms with Crippen LogP contribution in [0, 0.1) is 0 Å². The molecule has 4 N–H and O–H groups in total. The van der Waals surface area contributed by atoms with Gasteiger partial charge in [0.1, 0.15) is 17.9 Å². The molecule has 0 saturated heterocycles. The number of carboxylic acid groups (broad SMARTS) is 1. The average molecular weight is 426 g/mol. The predicted molar refractivity (Wildman–Crippen MR) is 110 cm³/mol. The molecular formula is C20H18N4O5S. The van der Waals surface area contributed by atoms with Gasteiger partial charge < -0.3 is 20.1 Å². The van der Waals surface area contributed by atoms with Gasteiger partial charge in [-0.15, -0.1) is 0 Å². The van der Waals surface area contributed by atoms with Gasteiger partial charge in [0.15, 0.2) is 0 Å². The van der Waals surface area contributed by atoms with E-state index in [4.69, 9.17) is 5.11 Å². The lowest BCUT2D eigenvalue weighted by Crippen LogP contribution is -2.37. The molecule has 2 aromatic heterocycles. The Morgan fingerprint density at radius 1 is 1.20 bits per heavy atom. The van der Waals surface area contributed by atoms with Crippen LogP contribution in [-0.2, 0) is 22.8 Å². The summed E-state index contributed by atoms with van der Waals surface area (Å²) >= 11 is 1.53. The Balaban J connectivity index is 1.70. The zero-order valence-electron chi connectivity index (χ0n) is 15.7. The smallest absolute Gasteiger partial charge is 0.322 e. The van der Waals surface area contributed by atoms with Gasteiger partial charge >= 0.3 is 5.97 Å². The van der Waals surface area contributed by atoms with Crippen LogP contribution in [0.25, 0.3) is 11.3 Å². The number of fused-ring (bicyclic) bond motifs is 1. The number of aromatic amines is 1. The molecule has 3 heterocycles. The number of carbonyl (C=O) groups excluding carboxylic acids is 1. The van der Waals surface area contributed by atoms with E-state index < -0.39 is 29.5 Å². The maximum absolute atomic E-state index is 13.1. The van der Waals surface area contributed by atoms with Gasteiger partial charge in [-0.05, 0) is 17.2 Å². The van der Waals surface area contributed by atoms with Gasteiger partial charge in [-0.3, -0.25) is 19.5 Å². The van der Waals surface area contributed by atoms with Crippen LogP contribution in [-0.4, -0.2) is 43.4 Å². The summed E-state index contributed by atoms with van der Waals surface area (Å²) in [5.74, 6) is -1.49. The van der Waals surface area contributed by atoms with Crippen molar-refractivity contribution in [2.75, 3.05) is 6.54 Å². The summed E-state index contributed by atoms with van der Waals surface area (Å²) in [6.45, 7) is -0.414. The molecule has 0 spiro atoms. The van der Waals surface area contributed by atoms with E-state index in [-0.39, 0.29) is 12.3 Å². The van der Waals surface area contributed by atoms with Crippen molar-refractivity contribution in [1.29, 1.82) is 0 Å². The minimum Gasteiger partial charge on any atom is -0.507 e. The highest BCUT2D eigenvalue weighted by molar-refractivity contribution is 7.98. The lowest BCUT2D eigenvalue weighted by molar-refractivity contribution is -0.135. The van der Waals surface area contributed by atoms with Gasteiger partial charge in [0.05, 0.1) is 12.2 Å². The maximum atomic E-state index is 13.1. The number of amides is 1. The molecule has 1 amide bonds. The fourth-order valence-electron chi connectivity index (χ4n) is 3.38. The first-order valence-electron chi connectivity index (χ1n) is 9.09. The molecule has 10 heteroatoms. The van der Waals surface area contributed by atoms with Gasteiger partial charge in [-0.1, -0.05) is 24.3 Å². The minimum absolute atomic E-state index is 0.227. The van der Waals surface area contributed by atoms with Crippen LogP contribution in [0.1, 0.15) is 27.2 Å². The molecule has 1 aromatic carbocycles. The molecule has 30 heavy (non-hydrogen) atoms. The van der Waals surface area contributed by atoms with Crippen molar-refractivity contribution in [3.63, 3.8) is 0 Å². The second kappa shape index (κ2) is 8.07. The number of aromatic nitrogens is 3. The Labute approximate surface area is 174 Å². The van der Waals surface area contributed by atoms with Gasteiger partial charge in [-0.25, -0.2) is 0 Å². The number of carboxylic acids is 1. The average Bonchev–Trinajstić information content (AvgIpc) is 3.42. The number of rotatable bonds is 6. The molecule has 0 fully saturated rings. The Kier molecular flexibility index (Phi) is 5.32. The van der Waals surface area contributed by atoms with E-state index in [0.29, 0.717) is 22.8 Å². The molecule has 0 atom stereocenters. The number of nitrogens with one attached hydrogen (secondary N) is 2. The van der Waals surface area contributed by atoms with Crippen molar-refractivity contribution in [2.24, 2.45) is 0 Å². The summed E-state index contributed by atoms with van der Waals surface area (Å²) in [7, 11) is 0. The number of hydrogen-bond donors (Lipinski definition) is 4. The third-order valence-electron chi connectivity index (χ3n) is 4.87. The number of aromatic hydroxyl groups is 1. The van der Waals surface area contributed by atoms with E-state index >= 15 is 0 Å². The van der Waals surface area contributed by atoms with Crippen LogP contribution < -0.4 is 10.9 Å². The van der Waals surface area contributed by atoms with Crippen LogP contribution in [0.3, 0.4) is 0 Å². The van der Waals surface area contributed by atoms with E-state index in [1.807, 2.05) is 30.3 Å². The SMILES string of the molecule is O=C(O)CNC(=O)c1c(O)c2c(n(Cc3ccc(-c4ccn[nH]4)cc3)c1=O)CSC2. The molecule has 0 saturated carbocycles. The second-order valence-electron chi connectivity index (χ2n) is 6.78. The Bertz CT molecular complexity index is 1170. The van der Waals surface area contributed by atoms with Crippen molar-refractivity contribution in [3.8, 4) is 17.0 Å². The standard InChI is InChI=1S/C20H18N4O5S/c25-16(26)7-21-19(28)17-18(27)13-9-30-10-15(13)24(20(17)29)8-11-1-3-12(4-2-11)14-5-6-22-23-14/h1-6,27H,7-10H2,(H,21,28)(H,22,23)(H,25,26). The third-order valence-corrected chi connectivity index (χ3v) is 5.84. The van der Waals surface area contributed by atoms with E-state index in [2.05, 4.69) is 15.5 Å². The molecule has 3 aromatic rings. The van der Waals surface area contributed by atoms with Crippen LogP contribution >= 0.6 is 11.8 Å². The van der Waals surface area contributed by atoms with Crippen molar-refractivity contribution in [2.45, 2.75) is 18.1 Å². The molecule has 0 aliphatic carbocycles. The van der Waals surface area contributed by atoms with Gasteiger partial charge in [0.2, 0.25) is 0 Å². The van der Waals surface area contributed by atoms with Crippen LogP contribution in [0.5, 0.6) is 5.75 Å². The van der Waals surface area contributed by atoms with Crippen molar-refractivity contribution < 1.29 is 19.8 Å². The summed E-state index contributed by atoms with van der Waals surface area (Å²) in [6.07, 6.45) is 1.66. The lowest BCUT2D eigenvalue weighted by Gasteiger charge is -2.16. The normalized spacial score (nSPS) is 12.5.